The molecule has 4 heteroatoms. The summed E-state index contributed by atoms with van der Waals surface area (Å²) in [4.78, 5) is 7.08. The largest absolute Gasteiger partial charge is 0.333 e. The molecule has 0 atom stereocenters. The van der Waals surface area contributed by atoms with Gasteiger partial charge in [0.2, 0.25) is 0 Å². The first-order chi connectivity index (χ1) is 7.79. The molecule has 16 heavy (non-hydrogen) atoms. The van der Waals surface area contributed by atoms with Crippen LogP contribution in [0.5, 0.6) is 0 Å². The second-order valence-electron chi connectivity index (χ2n) is 4.46. The first-order valence-corrected chi connectivity index (χ1v) is 7.03. The van der Waals surface area contributed by atoms with Gasteiger partial charge in [0.05, 0.1) is 6.54 Å². The van der Waals surface area contributed by atoms with Gasteiger partial charge in [0.1, 0.15) is 10.4 Å². The average Bonchev–Trinajstić information content (AvgIpc) is 2.49. The summed E-state index contributed by atoms with van der Waals surface area (Å²) >= 11 is 3.45. The molecule has 1 aromatic heterocycles. The Balaban J connectivity index is 2.01. The standard InChI is InChI=1S/C12H20BrN3/c1-2-16-9-11(13)14-12(16)10-15-7-5-3-4-6-8-15/h9H,2-8,10H2,1H3. The Morgan fingerprint density at radius 3 is 2.56 bits per heavy atom. The quantitative estimate of drug-likeness (QED) is 0.851. The van der Waals surface area contributed by atoms with Gasteiger partial charge in [-0.25, -0.2) is 4.98 Å². The minimum absolute atomic E-state index is 0.958. The predicted octanol–water partition coefficient (Wildman–Crippen LogP) is 3.04. The molecule has 0 amide bonds. The molecule has 0 aliphatic carbocycles. The number of likely N-dealkylation sites (tertiary alicyclic amines) is 1. The van der Waals surface area contributed by atoms with Crippen molar-refractivity contribution in [3.63, 3.8) is 0 Å². The van der Waals surface area contributed by atoms with Crippen LogP contribution in [-0.4, -0.2) is 27.5 Å². The van der Waals surface area contributed by atoms with Crippen LogP contribution in [0.2, 0.25) is 0 Å². The van der Waals surface area contributed by atoms with Crippen LogP contribution in [0.3, 0.4) is 0 Å². The molecule has 3 nitrogen and oxygen atoms in total. The van der Waals surface area contributed by atoms with E-state index in [1.54, 1.807) is 0 Å². The lowest BCUT2D eigenvalue weighted by Crippen LogP contribution is -2.25. The van der Waals surface area contributed by atoms with E-state index in [0.717, 1.165) is 17.7 Å². The van der Waals surface area contributed by atoms with Crippen molar-refractivity contribution in [2.75, 3.05) is 13.1 Å². The van der Waals surface area contributed by atoms with E-state index in [1.165, 1.54) is 44.6 Å². The zero-order valence-corrected chi connectivity index (χ0v) is 11.5. The summed E-state index contributed by atoms with van der Waals surface area (Å²) in [7, 11) is 0. The summed E-state index contributed by atoms with van der Waals surface area (Å²) in [6.45, 7) is 6.63. The van der Waals surface area contributed by atoms with Gasteiger partial charge < -0.3 is 4.57 Å². The normalized spacial score (nSPS) is 18.6. The van der Waals surface area contributed by atoms with Crippen molar-refractivity contribution >= 4 is 15.9 Å². The highest BCUT2D eigenvalue weighted by atomic mass is 79.9. The molecule has 1 fully saturated rings. The molecule has 1 aromatic rings. The number of imidazole rings is 1. The fourth-order valence-corrected chi connectivity index (χ4v) is 2.77. The van der Waals surface area contributed by atoms with E-state index in [9.17, 15) is 0 Å². The van der Waals surface area contributed by atoms with E-state index >= 15 is 0 Å². The molecule has 0 aromatic carbocycles. The minimum atomic E-state index is 0.958. The number of rotatable bonds is 3. The van der Waals surface area contributed by atoms with Crippen LogP contribution in [0.15, 0.2) is 10.8 Å². The third-order valence-electron chi connectivity index (χ3n) is 3.23. The van der Waals surface area contributed by atoms with E-state index in [2.05, 4.69) is 43.5 Å². The highest BCUT2D eigenvalue weighted by Crippen LogP contribution is 2.15. The van der Waals surface area contributed by atoms with E-state index in [0.29, 0.717) is 0 Å². The van der Waals surface area contributed by atoms with E-state index < -0.39 is 0 Å². The number of hydrogen-bond donors (Lipinski definition) is 0. The van der Waals surface area contributed by atoms with Gasteiger partial charge in [-0.15, -0.1) is 0 Å². The molecular weight excluding hydrogens is 266 g/mol. The van der Waals surface area contributed by atoms with Gasteiger partial charge in [-0.2, -0.15) is 0 Å². The van der Waals surface area contributed by atoms with E-state index in [1.807, 2.05) is 0 Å². The van der Waals surface area contributed by atoms with Crippen molar-refractivity contribution in [3.05, 3.63) is 16.6 Å². The maximum Gasteiger partial charge on any atom is 0.124 e. The Hall–Kier alpha value is -0.350. The first kappa shape index (κ1) is 12.1. The summed E-state index contributed by atoms with van der Waals surface area (Å²) in [5, 5.41) is 0. The van der Waals surface area contributed by atoms with Crippen LogP contribution >= 0.6 is 15.9 Å². The van der Waals surface area contributed by atoms with Crippen molar-refractivity contribution in [1.29, 1.82) is 0 Å². The molecule has 0 N–H and O–H groups in total. The SMILES string of the molecule is CCn1cc(Br)nc1CN1CCCCCC1. The first-order valence-electron chi connectivity index (χ1n) is 6.23. The Kier molecular flexibility index (Phi) is 4.41. The molecule has 1 aliphatic heterocycles. The van der Waals surface area contributed by atoms with E-state index in [4.69, 9.17) is 0 Å². The zero-order chi connectivity index (χ0) is 11.4. The molecule has 0 bridgehead atoms. The molecule has 0 unspecified atom stereocenters. The lowest BCUT2D eigenvalue weighted by atomic mass is 10.2. The van der Waals surface area contributed by atoms with Gasteiger partial charge in [0.15, 0.2) is 0 Å². The molecule has 0 saturated carbocycles. The van der Waals surface area contributed by atoms with Gasteiger partial charge in [-0.3, -0.25) is 4.90 Å². The molecule has 2 rings (SSSR count). The molecule has 2 heterocycles. The van der Waals surface area contributed by atoms with Gasteiger partial charge in [0.25, 0.3) is 0 Å². The van der Waals surface area contributed by atoms with Crippen molar-refractivity contribution in [3.8, 4) is 0 Å². The number of hydrogen-bond acceptors (Lipinski definition) is 2. The summed E-state index contributed by atoms with van der Waals surface area (Å²) < 4.78 is 3.19. The number of nitrogens with zero attached hydrogens (tertiary/aromatic N) is 3. The third kappa shape index (κ3) is 3.08. The maximum absolute atomic E-state index is 4.54. The number of halogens is 1. The van der Waals surface area contributed by atoms with Gasteiger partial charge >= 0.3 is 0 Å². The minimum Gasteiger partial charge on any atom is -0.333 e. The second-order valence-corrected chi connectivity index (χ2v) is 5.27. The summed E-state index contributed by atoms with van der Waals surface area (Å²) in [5.74, 6) is 1.19. The van der Waals surface area contributed by atoms with Crippen LogP contribution in [0.4, 0.5) is 0 Å². The van der Waals surface area contributed by atoms with Gasteiger partial charge in [0, 0.05) is 12.7 Å². The highest BCUT2D eigenvalue weighted by molar-refractivity contribution is 9.10. The Bertz CT molecular complexity index is 327. The Morgan fingerprint density at radius 1 is 1.25 bits per heavy atom. The zero-order valence-electron chi connectivity index (χ0n) is 9.95. The summed E-state index contributed by atoms with van der Waals surface area (Å²) in [5.41, 5.74) is 0. The fourth-order valence-electron chi connectivity index (χ4n) is 2.31. The van der Waals surface area contributed by atoms with Crippen molar-refractivity contribution in [2.24, 2.45) is 0 Å². The monoisotopic (exact) mass is 285 g/mol. The van der Waals surface area contributed by atoms with Crippen LogP contribution in [0.1, 0.15) is 38.4 Å². The fraction of sp³-hybridized carbons (Fsp3) is 0.750. The predicted molar refractivity (Wildman–Crippen MR) is 69.3 cm³/mol. The average molecular weight is 286 g/mol. The molecule has 0 radical (unpaired) electrons. The molecule has 0 spiro atoms. The van der Waals surface area contributed by atoms with E-state index in [-0.39, 0.29) is 0 Å². The third-order valence-corrected chi connectivity index (χ3v) is 3.62. The van der Waals surface area contributed by atoms with Crippen LogP contribution in [0.25, 0.3) is 0 Å². The highest BCUT2D eigenvalue weighted by Gasteiger charge is 2.13. The van der Waals surface area contributed by atoms with Crippen molar-refractivity contribution < 1.29 is 0 Å². The summed E-state index contributed by atoms with van der Waals surface area (Å²) in [6.07, 6.45) is 7.54. The van der Waals surface area contributed by atoms with Gasteiger partial charge in [-0.1, -0.05) is 12.8 Å². The Labute approximate surface area is 106 Å². The molecular formula is C12H20BrN3. The maximum atomic E-state index is 4.54. The topological polar surface area (TPSA) is 21.1 Å². The van der Waals surface area contributed by atoms with Crippen LogP contribution in [0, 0.1) is 0 Å². The van der Waals surface area contributed by atoms with Gasteiger partial charge in [-0.05, 0) is 48.8 Å². The lowest BCUT2D eigenvalue weighted by Gasteiger charge is -2.19. The number of aromatic nitrogens is 2. The molecule has 1 aliphatic rings. The molecule has 1 saturated heterocycles. The van der Waals surface area contributed by atoms with Crippen molar-refractivity contribution in [1.82, 2.24) is 14.5 Å². The van der Waals surface area contributed by atoms with Crippen LogP contribution in [-0.2, 0) is 13.1 Å². The number of aryl methyl sites for hydroxylation is 1. The Morgan fingerprint density at radius 2 is 1.94 bits per heavy atom. The van der Waals surface area contributed by atoms with Crippen molar-refractivity contribution in [2.45, 2.75) is 45.7 Å². The molecule has 90 valence electrons. The second kappa shape index (κ2) is 5.82. The van der Waals surface area contributed by atoms with Crippen LogP contribution < -0.4 is 0 Å². The lowest BCUT2D eigenvalue weighted by molar-refractivity contribution is 0.266. The summed E-state index contributed by atoms with van der Waals surface area (Å²) in [6, 6.07) is 0. The smallest absolute Gasteiger partial charge is 0.124 e.